The van der Waals surface area contributed by atoms with Crippen molar-refractivity contribution in [3.8, 4) is 0 Å². The van der Waals surface area contributed by atoms with Crippen LogP contribution in [0.1, 0.15) is 12.5 Å². The Labute approximate surface area is 119 Å². The maximum absolute atomic E-state index is 5.14. The molecule has 0 atom stereocenters. The van der Waals surface area contributed by atoms with Gasteiger partial charge < -0.3 is 15.4 Å². The van der Waals surface area contributed by atoms with Crippen LogP contribution in [0.15, 0.2) is 36.7 Å². The summed E-state index contributed by atoms with van der Waals surface area (Å²) in [5, 5.41) is 6.51. The molecule has 0 aliphatic carbocycles. The van der Waals surface area contributed by atoms with Gasteiger partial charge in [-0.3, -0.25) is 0 Å². The Morgan fingerprint density at radius 2 is 1.95 bits per heavy atom. The molecule has 0 aliphatic rings. The van der Waals surface area contributed by atoms with E-state index in [0.717, 1.165) is 30.3 Å². The molecule has 0 unspecified atom stereocenters. The highest BCUT2D eigenvalue weighted by atomic mass is 16.5. The fourth-order valence-electron chi connectivity index (χ4n) is 1.91. The fraction of sp³-hybridized carbons (Fsp3) is 0.333. The number of hydrogen-bond acceptors (Lipinski definition) is 5. The Balaban J connectivity index is 2.14. The number of ether oxygens (including phenoxy) is 1. The highest BCUT2D eigenvalue weighted by Gasteiger charge is 2.04. The second-order valence-electron chi connectivity index (χ2n) is 4.34. The van der Waals surface area contributed by atoms with Crippen molar-refractivity contribution in [2.24, 2.45) is 0 Å². The molecule has 0 fully saturated rings. The molecule has 20 heavy (non-hydrogen) atoms. The van der Waals surface area contributed by atoms with E-state index in [1.807, 2.05) is 31.2 Å². The van der Waals surface area contributed by atoms with E-state index >= 15 is 0 Å². The van der Waals surface area contributed by atoms with E-state index in [0.29, 0.717) is 6.61 Å². The summed E-state index contributed by atoms with van der Waals surface area (Å²) in [6.45, 7) is 3.57. The molecule has 2 aromatic rings. The molecular weight excluding hydrogens is 252 g/mol. The summed E-state index contributed by atoms with van der Waals surface area (Å²) in [5.74, 6) is 1.60. The summed E-state index contributed by atoms with van der Waals surface area (Å²) >= 11 is 0. The highest BCUT2D eigenvalue weighted by Crippen LogP contribution is 2.21. The third kappa shape index (κ3) is 3.93. The van der Waals surface area contributed by atoms with Crippen molar-refractivity contribution >= 4 is 17.3 Å². The SMILES string of the molecule is CCNc1cc(Nc2ccccc2CCOC)ncn1. The van der Waals surface area contributed by atoms with Crippen molar-refractivity contribution in [2.75, 3.05) is 30.9 Å². The van der Waals surface area contributed by atoms with Crippen molar-refractivity contribution in [2.45, 2.75) is 13.3 Å². The van der Waals surface area contributed by atoms with Gasteiger partial charge in [0, 0.05) is 25.4 Å². The number of benzene rings is 1. The molecular formula is C15H20N4O. The Hall–Kier alpha value is -2.14. The largest absolute Gasteiger partial charge is 0.384 e. The van der Waals surface area contributed by atoms with Crippen molar-refractivity contribution in [1.29, 1.82) is 0 Å². The maximum Gasteiger partial charge on any atom is 0.135 e. The topological polar surface area (TPSA) is 59.1 Å². The van der Waals surface area contributed by atoms with Gasteiger partial charge in [-0.15, -0.1) is 0 Å². The summed E-state index contributed by atoms with van der Waals surface area (Å²) in [5.41, 5.74) is 2.25. The molecule has 2 rings (SSSR count). The minimum Gasteiger partial charge on any atom is -0.384 e. The molecule has 2 N–H and O–H groups in total. The van der Waals surface area contributed by atoms with Crippen LogP contribution < -0.4 is 10.6 Å². The number of rotatable bonds is 7. The summed E-state index contributed by atoms with van der Waals surface area (Å²) < 4.78 is 5.14. The second kappa shape index (κ2) is 7.45. The number of hydrogen-bond donors (Lipinski definition) is 2. The van der Waals surface area contributed by atoms with Gasteiger partial charge in [-0.1, -0.05) is 18.2 Å². The van der Waals surface area contributed by atoms with Gasteiger partial charge in [0.2, 0.25) is 0 Å². The smallest absolute Gasteiger partial charge is 0.135 e. The summed E-state index contributed by atoms with van der Waals surface area (Å²) in [7, 11) is 1.71. The van der Waals surface area contributed by atoms with Gasteiger partial charge in [-0.05, 0) is 25.0 Å². The van der Waals surface area contributed by atoms with Gasteiger partial charge in [0.05, 0.1) is 6.61 Å². The number of aromatic nitrogens is 2. The summed E-state index contributed by atoms with van der Waals surface area (Å²) in [6, 6.07) is 10.1. The van der Waals surface area contributed by atoms with E-state index < -0.39 is 0 Å². The van der Waals surface area contributed by atoms with Crippen LogP contribution in [-0.2, 0) is 11.2 Å². The predicted octanol–water partition coefficient (Wildman–Crippen LogP) is 2.84. The number of methoxy groups -OCH3 is 1. The number of anilines is 3. The van der Waals surface area contributed by atoms with Crippen molar-refractivity contribution in [3.63, 3.8) is 0 Å². The highest BCUT2D eigenvalue weighted by molar-refractivity contribution is 5.62. The van der Waals surface area contributed by atoms with Gasteiger partial charge in [0.1, 0.15) is 18.0 Å². The zero-order chi connectivity index (χ0) is 14.2. The third-order valence-corrected chi connectivity index (χ3v) is 2.88. The predicted molar refractivity (Wildman–Crippen MR) is 81.5 cm³/mol. The van der Waals surface area contributed by atoms with E-state index in [4.69, 9.17) is 4.74 Å². The molecule has 106 valence electrons. The van der Waals surface area contributed by atoms with Crippen LogP contribution in [0.2, 0.25) is 0 Å². The van der Waals surface area contributed by atoms with Crippen LogP contribution in [0, 0.1) is 0 Å². The molecule has 1 heterocycles. The zero-order valence-corrected chi connectivity index (χ0v) is 11.9. The minimum absolute atomic E-state index is 0.700. The van der Waals surface area contributed by atoms with Gasteiger partial charge in [0.15, 0.2) is 0 Å². The van der Waals surface area contributed by atoms with Crippen LogP contribution in [0.25, 0.3) is 0 Å². The Bertz CT molecular complexity index is 545. The first kappa shape index (κ1) is 14.3. The van der Waals surface area contributed by atoms with E-state index in [2.05, 4.69) is 26.7 Å². The van der Waals surface area contributed by atoms with Gasteiger partial charge in [-0.25, -0.2) is 9.97 Å². The van der Waals surface area contributed by atoms with Gasteiger partial charge in [-0.2, -0.15) is 0 Å². The number of nitrogens with one attached hydrogen (secondary N) is 2. The first-order chi connectivity index (χ1) is 9.83. The van der Waals surface area contributed by atoms with E-state index in [1.54, 1.807) is 13.4 Å². The molecule has 0 radical (unpaired) electrons. The van der Waals surface area contributed by atoms with Gasteiger partial charge >= 0.3 is 0 Å². The van der Waals surface area contributed by atoms with Crippen LogP contribution in [0.4, 0.5) is 17.3 Å². The van der Waals surface area contributed by atoms with Crippen molar-refractivity contribution in [1.82, 2.24) is 9.97 Å². The molecule has 0 amide bonds. The molecule has 1 aromatic carbocycles. The van der Waals surface area contributed by atoms with Crippen LogP contribution in [0.3, 0.4) is 0 Å². The molecule has 1 aromatic heterocycles. The fourth-order valence-corrected chi connectivity index (χ4v) is 1.91. The standard InChI is InChI=1S/C15H20N4O/c1-3-16-14-10-15(18-11-17-14)19-13-7-5-4-6-12(13)8-9-20-2/h4-7,10-11H,3,8-9H2,1-2H3,(H2,16,17,18,19). The first-order valence-corrected chi connectivity index (χ1v) is 6.73. The van der Waals surface area contributed by atoms with Crippen LogP contribution in [0.5, 0.6) is 0 Å². The molecule has 5 nitrogen and oxygen atoms in total. The third-order valence-electron chi connectivity index (χ3n) is 2.88. The van der Waals surface area contributed by atoms with Gasteiger partial charge in [0.25, 0.3) is 0 Å². The Morgan fingerprint density at radius 3 is 2.75 bits per heavy atom. The lowest BCUT2D eigenvalue weighted by molar-refractivity contribution is 0.202. The van der Waals surface area contributed by atoms with Crippen LogP contribution >= 0.6 is 0 Å². The minimum atomic E-state index is 0.700. The van der Waals surface area contributed by atoms with E-state index in [1.165, 1.54) is 5.56 Å². The quantitative estimate of drug-likeness (QED) is 0.811. The lowest BCUT2D eigenvalue weighted by Gasteiger charge is -2.12. The molecule has 0 bridgehead atoms. The second-order valence-corrected chi connectivity index (χ2v) is 4.34. The van der Waals surface area contributed by atoms with E-state index in [-0.39, 0.29) is 0 Å². The number of nitrogens with zero attached hydrogens (tertiary/aromatic N) is 2. The average molecular weight is 272 g/mol. The van der Waals surface area contributed by atoms with E-state index in [9.17, 15) is 0 Å². The molecule has 0 saturated carbocycles. The Kier molecular flexibility index (Phi) is 5.32. The maximum atomic E-state index is 5.14. The normalized spacial score (nSPS) is 10.3. The van der Waals surface area contributed by atoms with Crippen molar-refractivity contribution in [3.05, 3.63) is 42.2 Å². The summed E-state index contributed by atoms with van der Waals surface area (Å²) in [4.78, 5) is 8.41. The molecule has 5 heteroatoms. The average Bonchev–Trinajstić information content (AvgIpc) is 2.47. The molecule has 0 aliphatic heterocycles. The molecule has 0 saturated heterocycles. The summed E-state index contributed by atoms with van der Waals surface area (Å²) in [6.07, 6.45) is 2.42. The lowest BCUT2D eigenvalue weighted by atomic mass is 10.1. The number of para-hydroxylation sites is 1. The van der Waals surface area contributed by atoms with Crippen molar-refractivity contribution < 1.29 is 4.74 Å². The van der Waals surface area contributed by atoms with Crippen LogP contribution in [-0.4, -0.2) is 30.2 Å². The first-order valence-electron chi connectivity index (χ1n) is 6.73. The lowest BCUT2D eigenvalue weighted by Crippen LogP contribution is -2.03. The zero-order valence-electron chi connectivity index (χ0n) is 11.9. The Morgan fingerprint density at radius 1 is 1.15 bits per heavy atom. The molecule has 0 spiro atoms. The monoisotopic (exact) mass is 272 g/mol.